The topological polar surface area (TPSA) is 44.1 Å². The van der Waals surface area contributed by atoms with E-state index in [1.165, 1.54) is 10.5 Å². The van der Waals surface area contributed by atoms with Crippen molar-refractivity contribution in [1.29, 1.82) is 5.26 Å². The first-order valence-corrected chi connectivity index (χ1v) is 6.57. The van der Waals surface area contributed by atoms with Gasteiger partial charge in [-0.1, -0.05) is 52.0 Å². The van der Waals surface area contributed by atoms with Gasteiger partial charge in [-0.25, -0.2) is 0 Å². The summed E-state index contributed by atoms with van der Waals surface area (Å²) in [5, 5.41) is 9.35. The molecule has 0 aliphatic rings. The van der Waals surface area contributed by atoms with E-state index in [9.17, 15) is 10.1 Å². The third kappa shape index (κ3) is 3.57. The first kappa shape index (κ1) is 15.2. The first-order chi connectivity index (χ1) is 8.81. The van der Waals surface area contributed by atoms with Crippen molar-refractivity contribution >= 4 is 5.91 Å². The average Bonchev–Trinajstić information content (AvgIpc) is 2.38. The molecule has 1 rings (SSSR count). The molecule has 0 fully saturated rings. The second-order valence-electron chi connectivity index (χ2n) is 5.79. The summed E-state index contributed by atoms with van der Waals surface area (Å²) in [5.41, 5.74) is 1.61. The van der Waals surface area contributed by atoms with Gasteiger partial charge in [-0.05, 0) is 17.5 Å². The Morgan fingerprint density at radius 1 is 1.32 bits per heavy atom. The van der Waals surface area contributed by atoms with E-state index in [2.05, 4.69) is 13.0 Å². The maximum Gasteiger partial charge on any atom is 0.229 e. The van der Waals surface area contributed by atoms with Crippen molar-refractivity contribution in [2.75, 3.05) is 7.05 Å². The van der Waals surface area contributed by atoms with Crippen molar-refractivity contribution in [3.05, 3.63) is 35.4 Å². The number of amides is 1. The Morgan fingerprint density at radius 2 is 1.84 bits per heavy atom. The van der Waals surface area contributed by atoms with Crippen LogP contribution in [0.3, 0.4) is 0 Å². The van der Waals surface area contributed by atoms with Gasteiger partial charge in [0, 0.05) is 12.5 Å². The molecule has 1 atom stereocenters. The molecule has 0 saturated heterocycles. The van der Waals surface area contributed by atoms with Crippen LogP contribution in [0.4, 0.5) is 0 Å². The van der Waals surface area contributed by atoms with Crippen molar-refractivity contribution in [1.82, 2.24) is 4.90 Å². The normalized spacial score (nSPS) is 12.6. The number of rotatable bonds is 3. The van der Waals surface area contributed by atoms with Crippen LogP contribution in [0.2, 0.25) is 0 Å². The summed E-state index contributed by atoms with van der Waals surface area (Å²) < 4.78 is 0. The summed E-state index contributed by atoms with van der Waals surface area (Å²) in [7, 11) is 1.69. The molecule has 0 aromatic heterocycles. The van der Waals surface area contributed by atoms with Crippen molar-refractivity contribution < 1.29 is 4.79 Å². The third-order valence-corrected chi connectivity index (χ3v) is 3.18. The maximum absolute atomic E-state index is 12.2. The van der Waals surface area contributed by atoms with Crippen LogP contribution in [0, 0.1) is 16.7 Å². The molecule has 0 heterocycles. The number of carbonyl (C=O) groups excluding carboxylic acids is 1. The lowest BCUT2D eigenvalue weighted by Crippen LogP contribution is -2.38. The predicted octanol–water partition coefficient (Wildman–Crippen LogP) is 3.32. The molecular weight excluding hydrogens is 236 g/mol. The summed E-state index contributed by atoms with van der Waals surface area (Å²) in [6, 6.07) is 9.56. The Hall–Kier alpha value is -1.82. The zero-order valence-corrected chi connectivity index (χ0v) is 12.4. The maximum atomic E-state index is 12.2. The fraction of sp³-hybridized carbons (Fsp3) is 0.500. The molecule has 0 bridgehead atoms. The molecule has 0 N–H and O–H groups in total. The zero-order valence-electron chi connectivity index (χ0n) is 12.4. The predicted molar refractivity (Wildman–Crippen MR) is 76.4 cm³/mol. The van der Waals surface area contributed by atoms with E-state index in [1.54, 1.807) is 7.05 Å². The van der Waals surface area contributed by atoms with E-state index in [-0.39, 0.29) is 5.91 Å². The van der Waals surface area contributed by atoms with Crippen LogP contribution in [-0.4, -0.2) is 17.9 Å². The molecule has 0 spiro atoms. The number of carbonyl (C=O) groups is 1. The molecule has 0 aliphatic carbocycles. The third-order valence-electron chi connectivity index (χ3n) is 3.18. The minimum Gasteiger partial charge on any atom is -0.325 e. The SMILES string of the molecule is CCc1ccc(C(C#N)N(C)C(=O)C(C)(C)C)cc1. The Kier molecular flexibility index (Phi) is 4.72. The fourth-order valence-corrected chi connectivity index (χ4v) is 1.97. The second kappa shape index (κ2) is 5.88. The van der Waals surface area contributed by atoms with Gasteiger partial charge in [-0.15, -0.1) is 0 Å². The molecule has 1 aromatic rings. The van der Waals surface area contributed by atoms with Crippen LogP contribution < -0.4 is 0 Å². The van der Waals surface area contributed by atoms with Crippen molar-refractivity contribution in [3.8, 4) is 6.07 Å². The van der Waals surface area contributed by atoms with Crippen LogP contribution in [0.25, 0.3) is 0 Å². The van der Waals surface area contributed by atoms with E-state index in [0.29, 0.717) is 0 Å². The van der Waals surface area contributed by atoms with E-state index in [4.69, 9.17) is 0 Å². The lowest BCUT2D eigenvalue weighted by atomic mass is 9.93. The van der Waals surface area contributed by atoms with Crippen molar-refractivity contribution in [3.63, 3.8) is 0 Å². The summed E-state index contributed by atoms with van der Waals surface area (Å²) in [5.74, 6) is -0.0291. The number of hydrogen-bond donors (Lipinski definition) is 0. The molecule has 1 unspecified atom stereocenters. The second-order valence-corrected chi connectivity index (χ2v) is 5.79. The highest BCUT2D eigenvalue weighted by Gasteiger charge is 2.30. The highest BCUT2D eigenvalue weighted by molar-refractivity contribution is 5.82. The first-order valence-electron chi connectivity index (χ1n) is 6.57. The zero-order chi connectivity index (χ0) is 14.6. The fourth-order valence-electron chi connectivity index (χ4n) is 1.97. The number of aryl methyl sites for hydroxylation is 1. The Labute approximate surface area is 115 Å². The van der Waals surface area contributed by atoms with Crippen LogP contribution in [0.15, 0.2) is 24.3 Å². The average molecular weight is 258 g/mol. The number of nitrogens with zero attached hydrogens (tertiary/aromatic N) is 2. The summed E-state index contributed by atoms with van der Waals surface area (Å²) in [4.78, 5) is 13.8. The molecule has 3 heteroatoms. The van der Waals surface area contributed by atoms with Crippen molar-refractivity contribution in [2.24, 2.45) is 5.41 Å². The molecule has 0 radical (unpaired) electrons. The highest BCUT2D eigenvalue weighted by Crippen LogP contribution is 2.25. The number of nitriles is 1. The smallest absolute Gasteiger partial charge is 0.229 e. The van der Waals surface area contributed by atoms with Gasteiger partial charge in [0.05, 0.1) is 6.07 Å². The summed E-state index contributed by atoms with van der Waals surface area (Å²) in [6.07, 6.45) is 0.967. The van der Waals surface area contributed by atoms with Gasteiger partial charge < -0.3 is 4.90 Å². The van der Waals surface area contributed by atoms with E-state index >= 15 is 0 Å². The highest BCUT2D eigenvalue weighted by atomic mass is 16.2. The summed E-state index contributed by atoms with van der Waals surface area (Å²) in [6.45, 7) is 7.67. The van der Waals surface area contributed by atoms with Crippen LogP contribution in [0.5, 0.6) is 0 Å². The molecular formula is C16H22N2O. The summed E-state index contributed by atoms with van der Waals surface area (Å²) >= 11 is 0. The van der Waals surface area contributed by atoms with Gasteiger partial charge in [0.15, 0.2) is 0 Å². The van der Waals surface area contributed by atoms with Gasteiger partial charge in [0.25, 0.3) is 0 Å². The quantitative estimate of drug-likeness (QED) is 0.834. The van der Waals surface area contributed by atoms with Gasteiger partial charge >= 0.3 is 0 Å². The Morgan fingerprint density at radius 3 is 2.21 bits per heavy atom. The largest absolute Gasteiger partial charge is 0.325 e. The molecule has 19 heavy (non-hydrogen) atoms. The molecule has 0 saturated carbocycles. The van der Waals surface area contributed by atoms with Crippen molar-refractivity contribution in [2.45, 2.75) is 40.2 Å². The van der Waals surface area contributed by atoms with Gasteiger partial charge in [-0.2, -0.15) is 5.26 Å². The lowest BCUT2D eigenvalue weighted by molar-refractivity contribution is -0.139. The molecule has 102 valence electrons. The van der Waals surface area contributed by atoms with Crippen LogP contribution in [0.1, 0.15) is 44.9 Å². The van der Waals surface area contributed by atoms with E-state index < -0.39 is 11.5 Å². The van der Waals surface area contributed by atoms with E-state index in [0.717, 1.165) is 12.0 Å². The van der Waals surface area contributed by atoms with Gasteiger partial charge in [0.1, 0.15) is 6.04 Å². The van der Waals surface area contributed by atoms with Gasteiger partial charge in [0.2, 0.25) is 5.91 Å². The number of hydrogen-bond acceptors (Lipinski definition) is 2. The molecule has 1 amide bonds. The minimum atomic E-state index is -0.530. The monoisotopic (exact) mass is 258 g/mol. The van der Waals surface area contributed by atoms with Crippen LogP contribution in [-0.2, 0) is 11.2 Å². The standard InChI is InChI=1S/C16H22N2O/c1-6-12-7-9-13(10-8-12)14(11-17)18(5)15(19)16(2,3)4/h7-10,14H,6H2,1-5H3. The van der Waals surface area contributed by atoms with Gasteiger partial charge in [-0.3, -0.25) is 4.79 Å². The molecule has 1 aromatic carbocycles. The van der Waals surface area contributed by atoms with Crippen LogP contribution >= 0.6 is 0 Å². The lowest BCUT2D eigenvalue weighted by Gasteiger charge is -2.29. The Bertz CT molecular complexity index is 477. The Balaban J connectivity index is 3.00. The molecule has 0 aliphatic heterocycles. The number of benzene rings is 1. The van der Waals surface area contributed by atoms with E-state index in [1.807, 2.05) is 45.0 Å². The molecule has 3 nitrogen and oxygen atoms in total. The minimum absolute atomic E-state index is 0.0291.